The van der Waals surface area contributed by atoms with Gasteiger partial charge in [0.1, 0.15) is 12.4 Å². The van der Waals surface area contributed by atoms with E-state index in [1.165, 1.54) is 22.9 Å². The molecule has 0 aliphatic heterocycles. The average Bonchev–Trinajstić information content (AvgIpc) is 2.85. The van der Waals surface area contributed by atoms with Crippen LogP contribution in [0, 0.1) is 19.7 Å². The highest BCUT2D eigenvalue weighted by atomic mass is 79.9. The molecule has 142 valence electrons. The third-order valence-corrected chi connectivity index (χ3v) is 5.09. The van der Waals surface area contributed by atoms with Gasteiger partial charge in [-0.25, -0.2) is 22.8 Å². The minimum atomic E-state index is -2.68. The van der Waals surface area contributed by atoms with Gasteiger partial charge in [0.05, 0.1) is 16.8 Å². The maximum Gasteiger partial charge on any atom is 0.264 e. The lowest BCUT2D eigenvalue weighted by atomic mass is 10.1. The molecule has 3 aromatic rings. The van der Waals surface area contributed by atoms with Crippen LogP contribution >= 0.6 is 31.9 Å². The van der Waals surface area contributed by atoms with Crippen LogP contribution in [-0.2, 0) is 11.3 Å². The molecule has 27 heavy (non-hydrogen) atoms. The summed E-state index contributed by atoms with van der Waals surface area (Å²) in [6.07, 6.45) is -2.68. The predicted octanol–water partition coefficient (Wildman–Crippen LogP) is 5.29. The van der Waals surface area contributed by atoms with E-state index in [2.05, 4.69) is 47.3 Å². The lowest BCUT2D eigenvalue weighted by Crippen LogP contribution is -2.20. The summed E-state index contributed by atoms with van der Waals surface area (Å²) in [4.78, 5) is 16.7. The molecule has 0 aliphatic rings. The number of benzene rings is 1. The number of carbonyl (C=O) groups excluding carboxylic acids is 1. The number of pyridine rings is 1. The lowest BCUT2D eigenvalue weighted by Gasteiger charge is -2.10. The molecule has 0 aliphatic carbocycles. The van der Waals surface area contributed by atoms with Crippen LogP contribution < -0.4 is 5.32 Å². The third kappa shape index (κ3) is 4.01. The van der Waals surface area contributed by atoms with E-state index in [0.717, 1.165) is 0 Å². The van der Waals surface area contributed by atoms with Gasteiger partial charge in [-0.2, -0.15) is 5.10 Å². The summed E-state index contributed by atoms with van der Waals surface area (Å²) in [7, 11) is 0. The summed E-state index contributed by atoms with van der Waals surface area (Å²) in [6, 6.07) is 3.75. The van der Waals surface area contributed by atoms with Gasteiger partial charge >= 0.3 is 0 Å². The van der Waals surface area contributed by atoms with Crippen LogP contribution in [0.2, 0.25) is 0 Å². The first-order valence-electron chi connectivity index (χ1n) is 7.74. The summed E-state index contributed by atoms with van der Waals surface area (Å²) < 4.78 is 42.1. The molecule has 0 fully saturated rings. The molecule has 1 aromatic carbocycles. The van der Waals surface area contributed by atoms with E-state index in [1.54, 1.807) is 13.8 Å². The molecular weight excluding hydrogens is 493 g/mol. The van der Waals surface area contributed by atoms with Crippen molar-refractivity contribution in [2.24, 2.45) is 0 Å². The number of hydrogen-bond acceptors (Lipinski definition) is 3. The highest BCUT2D eigenvalue weighted by molar-refractivity contribution is 9.11. The van der Waals surface area contributed by atoms with E-state index in [1.807, 2.05) is 0 Å². The Morgan fingerprint density at radius 1 is 1.22 bits per heavy atom. The average molecular weight is 506 g/mol. The number of aryl methyl sites for hydroxylation is 2. The molecule has 10 heteroatoms. The van der Waals surface area contributed by atoms with Crippen molar-refractivity contribution in [1.82, 2.24) is 14.8 Å². The second-order valence-corrected chi connectivity index (χ2v) is 7.60. The number of amides is 1. The van der Waals surface area contributed by atoms with E-state index in [4.69, 9.17) is 0 Å². The molecular formula is C17H13Br2F3N4O. The summed E-state index contributed by atoms with van der Waals surface area (Å²) in [5.41, 5.74) is 1.18. The van der Waals surface area contributed by atoms with E-state index < -0.39 is 18.1 Å². The van der Waals surface area contributed by atoms with Crippen molar-refractivity contribution in [2.45, 2.75) is 26.8 Å². The summed E-state index contributed by atoms with van der Waals surface area (Å²) >= 11 is 6.38. The molecule has 1 N–H and O–H groups in total. The van der Waals surface area contributed by atoms with Crippen molar-refractivity contribution in [2.75, 3.05) is 5.32 Å². The van der Waals surface area contributed by atoms with E-state index in [0.29, 0.717) is 26.0 Å². The Labute approximate surface area is 169 Å². The Balaban J connectivity index is 1.95. The Morgan fingerprint density at radius 2 is 1.85 bits per heavy atom. The molecule has 2 aromatic heterocycles. The number of carbonyl (C=O) groups is 1. The van der Waals surface area contributed by atoms with E-state index >= 15 is 0 Å². The number of halogens is 5. The first-order chi connectivity index (χ1) is 12.7. The normalized spacial score (nSPS) is 11.4. The van der Waals surface area contributed by atoms with Gasteiger partial charge < -0.3 is 5.32 Å². The van der Waals surface area contributed by atoms with Crippen molar-refractivity contribution < 1.29 is 18.0 Å². The van der Waals surface area contributed by atoms with Crippen LogP contribution in [0.4, 0.5) is 18.9 Å². The number of fused-ring (bicyclic) bond motifs is 1. The van der Waals surface area contributed by atoms with Crippen molar-refractivity contribution >= 4 is 54.5 Å². The summed E-state index contributed by atoms with van der Waals surface area (Å²) in [5.74, 6) is -0.936. The minimum Gasteiger partial charge on any atom is -0.323 e. The smallest absolute Gasteiger partial charge is 0.264 e. The van der Waals surface area contributed by atoms with E-state index in [-0.39, 0.29) is 23.1 Å². The standard InChI is InChI=1S/C17H13Br2F3N4O/c1-7-3-10(16(21)22)14-8(2)25-26(17(14)23-7)6-13(27)24-15-11(18)4-9(20)5-12(15)19/h3-5,16H,6H2,1-2H3,(H,24,27). The number of nitrogens with one attached hydrogen (secondary N) is 1. The molecule has 0 saturated carbocycles. The van der Waals surface area contributed by atoms with Gasteiger partial charge in [-0.3, -0.25) is 4.79 Å². The van der Waals surface area contributed by atoms with Crippen LogP contribution in [-0.4, -0.2) is 20.7 Å². The number of alkyl halides is 2. The first-order valence-corrected chi connectivity index (χ1v) is 9.33. The van der Waals surface area contributed by atoms with Gasteiger partial charge in [0.2, 0.25) is 5.91 Å². The SMILES string of the molecule is Cc1cc(C(F)F)c2c(C)nn(CC(=O)Nc3c(Br)cc(F)cc3Br)c2n1. The van der Waals surface area contributed by atoms with Crippen LogP contribution in [0.15, 0.2) is 27.1 Å². The minimum absolute atomic E-state index is 0.161. The van der Waals surface area contributed by atoms with Gasteiger partial charge in [-0.15, -0.1) is 0 Å². The van der Waals surface area contributed by atoms with Crippen molar-refractivity contribution in [1.29, 1.82) is 0 Å². The maximum absolute atomic E-state index is 13.4. The molecule has 0 saturated heterocycles. The van der Waals surface area contributed by atoms with Crippen LogP contribution in [0.5, 0.6) is 0 Å². The first kappa shape index (κ1) is 19.8. The molecule has 0 bridgehead atoms. The highest BCUT2D eigenvalue weighted by Gasteiger charge is 2.21. The van der Waals surface area contributed by atoms with Crippen molar-refractivity contribution in [3.8, 4) is 0 Å². The quantitative estimate of drug-likeness (QED) is 0.524. The fraction of sp³-hybridized carbons (Fsp3) is 0.235. The molecule has 0 radical (unpaired) electrons. The second-order valence-electron chi connectivity index (χ2n) is 5.89. The fourth-order valence-electron chi connectivity index (χ4n) is 2.78. The van der Waals surface area contributed by atoms with Gasteiger partial charge in [-0.05, 0) is 63.9 Å². The van der Waals surface area contributed by atoms with Crippen LogP contribution in [0.1, 0.15) is 23.4 Å². The van der Waals surface area contributed by atoms with Crippen molar-refractivity contribution in [3.05, 3.63) is 49.9 Å². The Hall–Kier alpha value is -1.94. The zero-order valence-electron chi connectivity index (χ0n) is 14.2. The molecule has 0 spiro atoms. The zero-order chi connectivity index (χ0) is 19.9. The lowest BCUT2D eigenvalue weighted by molar-refractivity contribution is -0.116. The number of rotatable bonds is 4. The fourth-order valence-corrected chi connectivity index (χ4v) is 4.11. The molecule has 5 nitrogen and oxygen atoms in total. The van der Waals surface area contributed by atoms with E-state index in [9.17, 15) is 18.0 Å². The Bertz CT molecular complexity index is 1030. The molecule has 0 atom stereocenters. The number of aromatic nitrogens is 3. The van der Waals surface area contributed by atoms with Gasteiger partial charge in [0.25, 0.3) is 6.43 Å². The molecule has 2 heterocycles. The Kier molecular flexibility index (Phi) is 5.57. The predicted molar refractivity (Wildman–Crippen MR) is 102 cm³/mol. The number of hydrogen-bond donors (Lipinski definition) is 1. The molecule has 1 amide bonds. The third-order valence-electron chi connectivity index (χ3n) is 3.84. The topological polar surface area (TPSA) is 59.8 Å². The molecule has 0 unspecified atom stereocenters. The number of nitrogens with zero attached hydrogens (tertiary/aromatic N) is 3. The second kappa shape index (κ2) is 7.59. The summed E-state index contributed by atoms with van der Waals surface area (Å²) in [5, 5.41) is 7.08. The molecule has 3 rings (SSSR count). The van der Waals surface area contributed by atoms with Gasteiger partial charge in [-0.1, -0.05) is 0 Å². The largest absolute Gasteiger partial charge is 0.323 e. The Morgan fingerprint density at radius 3 is 2.44 bits per heavy atom. The monoisotopic (exact) mass is 504 g/mol. The van der Waals surface area contributed by atoms with Crippen molar-refractivity contribution in [3.63, 3.8) is 0 Å². The number of anilines is 1. The van der Waals surface area contributed by atoms with Crippen LogP contribution in [0.25, 0.3) is 11.0 Å². The van der Waals surface area contributed by atoms with Crippen LogP contribution in [0.3, 0.4) is 0 Å². The van der Waals surface area contributed by atoms with Gasteiger partial charge in [0, 0.05) is 20.2 Å². The maximum atomic E-state index is 13.4. The van der Waals surface area contributed by atoms with Gasteiger partial charge in [0.15, 0.2) is 5.65 Å². The zero-order valence-corrected chi connectivity index (χ0v) is 17.3. The summed E-state index contributed by atoms with van der Waals surface area (Å²) in [6.45, 7) is 2.96. The highest BCUT2D eigenvalue weighted by Crippen LogP contribution is 2.32.